The maximum absolute atomic E-state index is 13.9. The van der Waals surface area contributed by atoms with Crippen LogP contribution in [0.4, 0.5) is 9.18 Å². The van der Waals surface area contributed by atoms with Crippen molar-refractivity contribution in [3.8, 4) is 17.5 Å². The van der Waals surface area contributed by atoms with E-state index in [0.717, 1.165) is 0 Å². The van der Waals surface area contributed by atoms with Crippen molar-refractivity contribution in [2.45, 2.75) is 45.8 Å². The first-order valence-electron chi connectivity index (χ1n) is 9.34. The summed E-state index contributed by atoms with van der Waals surface area (Å²) in [7, 11) is 0. The van der Waals surface area contributed by atoms with Crippen molar-refractivity contribution in [1.29, 1.82) is 0 Å². The number of hydrogen-bond acceptors (Lipinski definition) is 7. The molecule has 1 N–H and O–H groups in total. The number of ether oxygens (including phenoxy) is 3. The largest absolute Gasteiger partial charge is 0.474 e. The molecule has 1 amide bonds. The van der Waals surface area contributed by atoms with E-state index in [4.69, 9.17) is 14.2 Å². The van der Waals surface area contributed by atoms with Gasteiger partial charge in [-0.25, -0.2) is 14.8 Å². The van der Waals surface area contributed by atoms with Crippen molar-refractivity contribution in [1.82, 2.24) is 19.9 Å². The van der Waals surface area contributed by atoms with Crippen LogP contribution in [0.25, 0.3) is 0 Å². The van der Waals surface area contributed by atoms with Crippen LogP contribution in [0.15, 0.2) is 23.4 Å². The highest BCUT2D eigenvalue weighted by atomic mass is 19.1. The molecule has 10 heteroatoms. The van der Waals surface area contributed by atoms with Crippen LogP contribution < -0.4 is 15.0 Å². The summed E-state index contributed by atoms with van der Waals surface area (Å²) in [6.45, 7) is 6.33. The predicted octanol–water partition coefficient (Wildman–Crippen LogP) is 2.79. The number of nitrogens with one attached hydrogen (secondary N) is 1. The zero-order valence-corrected chi connectivity index (χ0v) is 16.5. The van der Waals surface area contributed by atoms with Crippen molar-refractivity contribution >= 4 is 6.09 Å². The number of aromatic nitrogens is 3. The predicted molar refractivity (Wildman–Crippen MR) is 101 cm³/mol. The van der Waals surface area contributed by atoms with Crippen LogP contribution >= 0.6 is 0 Å². The second-order valence-corrected chi connectivity index (χ2v) is 6.93. The second kappa shape index (κ2) is 8.89. The topological polar surface area (TPSA) is 107 Å². The third-order valence-corrected chi connectivity index (χ3v) is 4.38. The van der Waals surface area contributed by atoms with Crippen molar-refractivity contribution < 1.29 is 23.4 Å². The van der Waals surface area contributed by atoms with Gasteiger partial charge in [-0.1, -0.05) is 0 Å². The molecule has 0 spiro atoms. The summed E-state index contributed by atoms with van der Waals surface area (Å²) < 4.78 is 30.5. The Bertz CT molecular complexity index is 925. The van der Waals surface area contributed by atoms with E-state index >= 15 is 0 Å². The fourth-order valence-electron chi connectivity index (χ4n) is 2.86. The van der Waals surface area contributed by atoms with Gasteiger partial charge in [-0.15, -0.1) is 0 Å². The smallest absolute Gasteiger partial charge is 0.410 e. The van der Waals surface area contributed by atoms with E-state index in [2.05, 4.69) is 15.0 Å². The molecule has 0 aliphatic carbocycles. The molecule has 29 heavy (non-hydrogen) atoms. The number of rotatable bonds is 5. The number of H-pyrrole nitrogens is 1. The third kappa shape index (κ3) is 5.01. The number of carbonyl (C=O) groups is 1. The van der Waals surface area contributed by atoms with Crippen molar-refractivity contribution in [2.24, 2.45) is 0 Å². The maximum atomic E-state index is 13.9. The van der Waals surface area contributed by atoms with Gasteiger partial charge in [-0.3, -0.25) is 4.79 Å². The number of pyridine rings is 1. The number of likely N-dealkylation sites (tertiary alicyclic amines) is 1. The van der Waals surface area contributed by atoms with Crippen LogP contribution in [-0.4, -0.2) is 51.2 Å². The molecule has 3 heterocycles. The van der Waals surface area contributed by atoms with Gasteiger partial charge in [0.25, 0.3) is 5.56 Å². The normalized spacial score (nSPS) is 14.7. The van der Waals surface area contributed by atoms with E-state index in [0.29, 0.717) is 37.4 Å². The van der Waals surface area contributed by atoms with Gasteiger partial charge in [0.1, 0.15) is 12.4 Å². The molecule has 1 aliphatic heterocycles. The summed E-state index contributed by atoms with van der Waals surface area (Å²) in [5.41, 5.74) is -0.401. The van der Waals surface area contributed by atoms with Crippen LogP contribution in [0.1, 0.15) is 32.3 Å². The van der Waals surface area contributed by atoms with Gasteiger partial charge in [0.2, 0.25) is 17.6 Å². The lowest BCUT2D eigenvalue weighted by molar-refractivity contribution is 0.0505. The standard InChI is InChI=1S/C19H23FN4O5/c1-11(2)27-19(26)24-8-5-13(6-9-24)28-17-12(3)18(23-10-22-17)29-14-4-7-21-16(25)15(14)20/h4,7,10-11,13H,5-6,8-9H2,1-3H3,(H,21,25). The van der Waals surface area contributed by atoms with E-state index in [9.17, 15) is 14.0 Å². The molecule has 2 aromatic rings. The Kier molecular flexibility index (Phi) is 6.30. The lowest BCUT2D eigenvalue weighted by Gasteiger charge is -2.31. The minimum atomic E-state index is -1.03. The zero-order valence-electron chi connectivity index (χ0n) is 16.5. The second-order valence-electron chi connectivity index (χ2n) is 6.93. The molecule has 0 saturated carbocycles. The van der Waals surface area contributed by atoms with E-state index in [-0.39, 0.29) is 29.9 Å². The van der Waals surface area contributed by atoms with E-state index in [1.54, 1.807) is 11.8 Å². The molecule has 0 aromatic carbocycles. The zero-order chi connectivity index (χ0) is 21.0. The number of nitrogens with zero attached hydrogens (tertiary/aromatic N) is 3. The van der Waals surface area contributed by atoms with Crippen molar-refractivity contribution in [2.75, 3.05) is 13.1 Å². The minimum Gasteiger partial charge on any atom is -0.474 e. The van der Waals surface area contributed by atoms with Gasteiger partial charge in [-0.05, 0) is 20.8 Å². The first-order valence-corrected chi connectivity index (χ1v) is 9.34. The molecule has 156 valence electrons. The minimum absolute atomic E-state index is 0.0949. The van der Waals surface area contributed by atoms with Crippen LogP contribution in [0.2, 0.25) is 0 Å². The van der Waals surface area contributed by atoms with Gasteiger partial charge >= 0.3 is 6.09 Å². The highest BCUT2D eigenvalue weighted by molar-refractivity contribution is 5.67. The summed E-state index contributed by atoms with van der Waals surface area (Å²) in [4.78, 5) is 35.3. The highest BCUT2D eigenvalue weighted by Gasteiger charge is 2.26. The maximum Gasteiger partial charge on any atom is 0.410 e. The fraction of sp³-hybridized carbons (Fsp3) is 0.474. The lowest BCUT2D eigenvalue weighted by atomic mass is 10.1. The van der Waals surface area contributed by atoms with Crippen LogP contribution in [0.3, 0.4) is 0 Å². The third-order valence-electron chi connectivity index (χ3n) is 4.38. The molecule has 3 rings (SSSR count). The van der Waals surface area contributed by atoms with Gasteiger partial charge in [-0.2, -0.15) is 4.39 Å². The van der Waals surface area contributed by atoms with Crippen LogP contribution in [-0.2, 0) is 4.74 Å². The van der Waals surface area contributed by atoms with Gasteiger partial charge < -0.3 is 24.1 Å². The quantitative estimate of drug-likeness (QED) is 0.814. The Labute approximate surface area is 166 Å². The molecule has 1 aliphatic rings. The summed E-state index contributed by atoms with van der Waals surface area (Å²) in [6, 6.07) is 1.30. The molecular formula is C19H23FN4O5. The molecule has 0 radical (unpaired) electrons. The number of aromatic amines is 1. The molecule has 1 saturated heterocycles. The Morgan fingerprint density at radius 1 is 1.28 bits per heavy atom. The fourth-order valence-corrected chi connectivity index (χ4v) is 2.86. The van der Waals surface area contributed by atoms with Gasteiger partial charge in [0.15, 0.2) is 5.75 Å². The number of carbonyl (C=O) groups excluding carboxylic acids is 1. The van der Waals surface area contributed by atoms with E-state index in [1.807, 2.05) is 13.8 Å². The molecule has 0 atom stereocenters. The average Bonchev–Trinajstić information content (AvgIpc) is 2.68. The van der Waals surface area contributed by atoms with Crippen molar-refractivity contribution in [3.05, 3.63) is 40.3 Å². The Morgan fingerprint density at radius 2 is 1.97 bits per heavy atom. The first kappa shape index (κ1) is 20.6. The average molecular weight is 406 g/mol. The van der Waals surface area contributed by atoms with E-state index < -0.39 is 11.4 Å². The monoisotopic (exact) mass is 406 g/mol. The summed E-state index contributed by atoms with van der Waals surface area (Å²) in [6.07, 6.45) is 3.14. The van der Waals surface area contributed by atoms with E-state index in [1.165, 1.54) is 18.6 Å². The number of amides is 1. The van der Waals surface area contributed by atoms with Gasteiger partial charge in [0.05, 0.1) is 11.7 Å². The number of hydrogen-bond donors (Lipinski definition) is 1. The lowest BCUT2D eigenvalue weighted by Crippen LogP contribution is -2.42. The molecule has 1 fully saturated rings. The highest BCUT2D eigenvalue weighted by Crippen LogP contribution is 2.29. The number of piperidine rings is 1. The first-order chi connectivity index (χ1) is 13.8. The van der Waals surface area contributed by atoms with Crippen LogP contribution in [0.5, 0.6) is 17.5 Å². The molecular weight excluding hydrogens is 383 g/mol. The number of halogens is 1. The SMILES string of the molecule is Cc1c(Oc2cc[nH]c(=O)c2F)ncnc1OC1CCN(C(=O)OC(C)C)CC1. The molecule has 0 unspecified atom stereocenters. The molecule has 2 aromatic heterocycles. The van der Waals surface area contributed by atoms with Crippen molar-refractivity contribution in [3.63, 3.8) is 0 Å². The van der Waals surface area contributed by atoms with Gasteiger partial charge in [0, 0.05) is 38.2 Å². The summed E-state index contributed by atoms with van der Waals surface area (Å²) in [5.74, 6) is -0.868. The Balaban J connectivity index is 1.64. The summed E-state index contributed by atoms with van der Waals surface area (Å²) >= 11 is 0. The Morgan fingerprint density at radius 3 is 2.66 bits per heavy atom. The summed E-state index contributed by atoms with van der Waals surface area (Å²) in [5, 5.41) is 0. The molecule has 0 bridgehead atoms. The van der Waals surface area contributed by atoms with Crippen LogP contribution in [0, 0.1) is 12.7 Å². The Hall–Kier alpha value is -3.17. The molecule has 9 nitrogen and oxygen atoms in total.